The molecule has 0 amide bonds. The summed E-state index contributed by atoms with van der Waals surface area (Å²) in [6.07, 6.45) is -0.534. The Bertz CT molecular complexity index is 436. The Hall–Kier alpha value is -1.19. The second kappa shape index (κ2) is 4.00. The standard InChI is InChI=1S/C12H14ClNO2/c1-7-5-4-6-10(13)11(7)12-14(15)8(2)9(3)16-12/h4-6,12,15H,1-3H3. The number of aryl methyl sites for hydroxylation is 1. The summed E-state index contributed by atoms with van der Waals surface area (Å²) in [5.74, 6) is 0.715. The lowest BCUT2D eigenvalue weighted by Gasteiger charge is -2.22. The Labute approximate surface area is 99.9 Å². The monoisotopic (exact) mass is 239 g/mol. The molecule has 2 rings (SSSR count). The maximum atomic E-state index is 9.92. The number of ether oxygens (including phenoxy) is 1. The normalized spacial score (nSPS) is 20.3. The zero-order valence-electron chi connectivity index (χ0n) is 9.49. The van der Waals surface area contributed by atoms with Crippen LogP contribution in [-0.4, -0.2) is 10.3 Å². The van der Waals surface area contributed by atoms with Crippen molar-refractivity contribution in [3.63, 3.8) is 0 Å². The smallest absolute Gasteiger partial charge is 0.222 e. The van der Waals surface area contributed by atoms with Gasteiger partial charge in [0.15, 0.2) is 0 Å². The molecule has 0 aromatic heterocycles. The van der Waals surface area contributed by atoms with Crippen molar-refractivity contribution in [2.24, 2.45) is 0 Å². The van der Waals surface area contributed by atoms with Crippen molar-refractivity contribution in [2.75, 3.05) is 0 Å². The van der Waals surface area contributed by atoms with E-state index in [0.29, 0.717) is 16.5 Å². The summed E-state index contributed by atoms with van der Waals surface area (Å²) in [7, 11) is 0. The van der Waals surface area contributed by atoms with Crippen molar-refractivity contribution in [3.05, 3.63) is 45.8 Å². The average molecular weight is 240 g/mol. The number of benzene rings is 1. The first-order valence-corrected chi connectivity index (χ1v) is 5.47. The molecule has 1 N–H and O–H groups in total. The molecule has 86 valence electrons. The maximum Gasteiger partial charge on any atom is 0.222 e. The number of hydrogen-bond donors (Lipinski definition) is 1. The predicted molar refractivity (Wildman–Crippen MR) is 62.0 cm³/mol. The van der Waals surface area contributed by atoms with Crippen LogP contribution in [0.4, 0.5) is 0 Å². The van der Waals surface area contributed by atoms with Gasteiger partial charge >= 0.3 is 0 Å². The SMILES string of the molecule is CC1=C(C)N(O)C(c2c(C)cccc2Cl)O1. The lowest BCUT2D eigenvalue weighted by atomic mass is 10.1. The summed E-state index contributed by atoms with van der Waals surface area (Å²) in [6.45, 7) is 5.58. The zero-order chi connectivity index (χ0) is 11.9. The first-order chi connectivity index (χ1) is 7.52. The van der Waals surface area contributed by atoms with Gasteiger partial charge < -0.3 is 4.74 Å². The summed E-state index contributed by atoms with van der Waals surface area (Å²) in [5, 5.41) is 11.6. The average Bonchev–Trinajstić information content (AvgIpc) is 2.47. The van der Waals surface area contributed by atoms with Crippen molar-refractivity contribution in [3.8, 4) is 0 Å². The largest absolute Gasteiger partial charge is 0.467 e. The topological polar surface area (TPSA) is 32.7 Å². The highest BCUT2D eigenvalue weighted by Crippen LogP contribution is 2.38. The van der Waals surface area contributed by atoms with Crippen LogP contribution in [0.15, 0.2) is 29.7 Å². The summed E-state index contributed by atoms with van der Waals surface area (Å²) >= 11 is 6.13. The van der Waals surface area contributed by atoms with E-state index in [2.05, 4.69) is 0 Å². The van der Waals surface area contributed by atoms with Crippen LogP contribution in [0.1, 0.15) is 31.2 Å². The third-order valence-electron chi connectivity index (χ3n) is 2.88. The molecule has 0 spiro atoms. The highest BCUT2D eigenvalue weighted by Gasteiger charge is 2.31. The molecular formula is C12H14ClNO2. The third-order valence-corrected chi connectivity index (χ3v) is 3.21. The van der Waals surface area contributed by atoms with Crippen LogP contribution in [0.3, 0.4) is 0 Å². The summed E-state index contributed by atoms with van der Waals surface area (Å²) < 4.78 is 5.60. The number of allylic oxidation sites excluding steroid dienone is 2. The van der Waals surface area contributed by atoms with Gasteiger partial charge in [0.2, 0.25) is 6.23 Å². The molecule has 1 heterocycles. The van der Waals surface area contributed by atoms with Crippen LogP contribution in [0.5, 0.6) is 0 Å². The highest BCUT2D eigenvalue weighted by atomic mass is 35.5. The number of halogens is 1. The third kappa shape index (κ3) is 1.66. The molecule has 0 fully saturated rings. The molecule has 0 aliphatic carbocycles. The van der Waals surface area contributed by atoms with Gasteiger partial charge in [0.1, 0.15) is 5.76 Å². The molecule has 0 saturated heterocycles. The van der Waals surface area contributed by atoms with Crippen molar-refractivity contribution < 1.29 is 9.94 Å². The lowest BCUT2D eigenvalue weighted by Crippen LogP contribution is -2.20. The van der Waals surface area contributed by atoms with Gasteiger partial charge in [0.05, 0.1) is 5.70 Å². The van der Waals surface area contributed by atoms with E-state index in [1.165, 1.54) is 0 Å². The predicted octanol–water partition coefficient (Wildman–Crippen LogP) is 3.62. The van der Waals surface area contributed by atoms with Crippen LogP contribution in [0.25, 0.3) is 0 Å². The number of hydroxylamine groups is 2. The van der Waals surface area contributed by atoms with Crippen LogP contribution in [0, 0.1) is 6.92 Å². The van der Waals surface area contributed by atoms with E-state index in [1.54, 1.807) is 6.07 Å². The quantitative estimate of drug-likeness (QED) is 0.813. The minimum atomic E-state index is -0.534. The minimum Gasteiger partial charge on any atom is -0.467 e. The van der Waals surface area contributed by atoms with Gasteiger partial charge in [-0.15, -0.1) is 0 Å². The summed E-state index contributed by atoms with van der Waals surface area (Å²) in [4.78, 5) is 0. The van der Waals surface area contributed by atoms with Crippen molar-refractivity contribution in [1.29, 1.82) is 0 Å². The second-order valence-electron chi connectivity index (χ2n) is 3.93. The maximum absolute atomic E-state index is 9.92. The van der Waals surface area contributed by atoms with Crippen LogP contribution in [0.2, 0.25) is 5.02 Å². The Kier molecular flexibility index (Phi) is 2.82. The Balaban J connectivity index is 2.42. The molecule has 1 aliphatic rings. The molecule has 1 aromatic carbocycles. The molecule has 1 aliphatic heterocycles. The number of rotatable bonds is 1. The van der Waals surface area contributed by atoms with E-state index in [4.69, 9.17) is 16.3 Å². The van der Waals surface area contributed by atoms with E-state index in [9.17, 15) is 5.21 Å². The van der Waals surface area contributed by atoms with E-state index < -0.39 is 6.23 Å². The molecule has 1 unspecified atom stereocenters. The molecule has 0 saturated carbocycles. The van der Waals surface area contributed by atoms with E-state index in [1.807, 2.05) is 32.9 Å². The molecule has 4 heteroatoms. The Morgan fingerprint density at radius 1 is 1.31 bits per heavy atom. The molecule has 3 nitrogen and oxygen atoms in total. The fourth-order valence-corrected chi connectivity index (χ4v) is 2.09. The van der Waals surface area contributed by atoms with Gasteiger partial charge in [-0.1, -0.05) is 23.7 Å². The summed E-state index contributed by atoms with van der Waals surface area (Å²) in [5.41, 5.74) is 2.52. The zero-order valence-corrected chi connectivity index (χ0v) is 10.2. The van der Waals surface area contributed by atoms with Gasteiger partial charge in [-0.2, -0.15) is 0 Å². The van der Waals surface area contributed by atoms with Crippen LogP contribution < -0.4 is 0 Å². The van der Waals surface area contributed by atoms with Gasteiger partial charge in [-0.25, -0.2) is 5.06 Å². The first kappa shape index (κ1) is 11.3. The molecule has 16 heavy (non-hydrogen) atoms. The van der Waals surface area contributed by atoms with E-state index >= 15 is 0 Å². The fourth-order valence-electron chi connectivity index (χ4n) is 1.78. The van der Waals surface area contributed by atoms with Gasteiger partial charge in [-0.05, 0) is 32.4 Å². The van der Waals surface area contributed by atoms with Gasteiger partial charge in [0.25, 0.3) is 0 Å². The van der Waals surface area contributed by atoms with Crippen LogP contribution >= 0.6 is 11.6 Å². The Morgan fingerprint density at radius 2 is 2.00 bits per heavy atom. The van der Waals surface area contributed by atoms with Crippen molar-refractivity contribution in [2.45, 2.75) is 27.0 Å². The van der Waals surface area contributed by atoms with Gasteiger partial charge in [0, 0.05) is 10.6 Å². The van der Waals surface area contributed by atoms with Crippen molar-refractivity contribution >= 4 is 11.6 Å². The minimum absolute atomic E-state index is 0.534. The molecule has 1 aromatic rings. The number of nitrogens with zero attached hydrogens (tertiary/aromatic N) is 1. The Morgan fingerprint density at radius 3 is 2.50 bits per heavy atom. The lowest BCUT2D eigenvalue weighted by molar-refractivity contribution is -0.151. The molecular weight excluding hydrogens is 226 g/mol. The molecule has 0 bridgehead atoms. The van der Waals surface area contributed by atoms with Crippen molar-refractivity contribution in [1.82, 2.24) is 5.06 Å². The summed E-state index contributed by atoms with van der Waals surface area (Å²) in [6, 6.07) is 5.62. The second-order valence-corrected chi connectivity index (χ2v) is 4.33. The van der Waals surface area contributed by atoms with Gasteiger partial charge in [-0.3, -0.25) is 5.21 Å². The molecule has 0 radical (unpaired) electrons. The first-order valence-electron chi connectivity index (χ1n) is 5.09. The fraction of sp³-hybridized carbons (Fsp3) is 0.333. The number of hydrogen-bond acceptors (Lipinski definition) is 3. The van der Waals surface area contributed by atoms with Crippen LogP contribution in [-0.2, 0) is 4.74 Å². The highest BCUT2D eigenvalue weighted by molar-refractivity contribution is 6.31. The van der Waals surface area contributed by atoms with E-state index in [-0.39, 0.29) is 0 Å². The molecule has 1 atom stereocenters. The van der Waals surface area contributed by atoms with E-state index in [0.717, 1.165) is 16.2 Å².